The van der Waals surface area contributed by atoms with Gasteiger partial charge in [0.25, 0.3) is 5.91 Å². The molecule has 0 aromatic heterocycles. The summed E-state index contributed by atoms with van der Waals surface area (Å²) in [5, 5.41) is 0. The Labute approximate surface area is 114 Å². The quantitative estimate of drug-likeness (QED) is 0.905. The zero-order valence-electron chi connectivity index (χ0n) is 11.6. The molecule has 1 amide bonds. The van der Waals surface area contributed by atoms with Crippen molar-refractivity contribution in [1.82, 2.24) is 4.90 Å². The van der Waals surface area contributed by atoms with Gasteiger partial charge in [0.1, 0.15) is 5.75 Å². The number of benzene rings is 1. The Balaban J connectivity index is 2.10. The molecule has 1 aromatic carbocycles. The van der Waals surface area contributed by atoms with Crippen LogP contribution in [0.1, 0.15) is 30.1 Å². The van der Waals surface area contributed by atoms with Crippen LogP contribution in [0.4, 0.5) is 0 Å². The van der Waals surface area contributed by atoms with E-state index < -0.39 is 0 Å². The van der Waals surface area contributed by atoms with Gasteiger partial charge in [0, 0.05) is 24.7 Å². The lowest BCUT2D eigenvalue weighted by Crippen LogP contribution is -2.45. The highest BCUT2D eigenvalue weighted by molar-refractivity contribution is 5.94. The van der Waals surface area contributed by atoms with Crippen LogP contribution in [0, 0.1) is 5.92 Å². The number of carbonyl (C=O) groups excluding carboxylic acids is 1. The lowest BCUT2D eigenvalue weighted by molar-refractivity contribution is 0.0660. The van der Waals surface area contributed by atoms with Gasteiger partial charge in [-0.2, -0.15) is 0 Å². The molecule has 1 heterocycles. The number of amides is 1. The van der Waals surface area contributed by atoms with Crippen LogP contribution in [0.25, 0.3) is 0 Å². The highest BCUT2D eigenvalue weighted by Gasteiger charge is 2.26. The van der Waals surface area contributed by atoms with Crippen LogP contribution in [0.2, 0.25) is 0 Å². The molecule has 1 aromatic rings. The highest BCUT2D eigenvalue weighted by Crippen LogP contribution is 2.21. The summed E-state index contributed by atoms with van der Waals surface area (Å²) in [5.41, 5.74) is 6.64. The van der Waals surface area contributed by atoms with E-state index in [1.807, 2.05) is 30.0 Å². The van der Waals surface area contributed by atoms with E-state index in [0.717, 1.165) is 25.9 Å². The first-order valence-electron chi connectivity index (χ1n) is 6.80. The zero-order chi connectivity index (χ0) is 13.8. The highest BCUT2D eigenvalue weighted by atomic mass is 16.5. The summed E-state index contributed by atoms with van der Waals surface area (Å²) in [6, 6.07) is 7.45. The predicted octanol–water partition coefficient (Wildman–Crippen LogP) is 1.89. The van der Waals surface area contributed by atoms with Crippen LogP contribution in [0.5, 0.6) is 5.75 Å². The molecule has 1 aliphatic rings. The first-order chi connectivity index (χ1) is 9.11. The molecule has 0 saturated carbocycles. The predicted molar refractivity (Wildman–Crippen MR) is 75.3 cm³/mol. The van der Waals surface area contributed by atoms with Crippen molar-refractivity contribution in [2.45, 2.75) is 25.8 Å². The normalized spacial score (nSPS) is 21.0. The summed E-state index contributed by atoms with van der Waals surface area (Å²) >= 11 is 0. The Hall–Kier alpha value is -1.55. The average molecular weight is 262 g/mol. The molecule has 4 nitrogen and oxygen atoms in total. The number of nitrogens with zero attached hydrogens (tertiary/aromatic N) is 1. The number of carbonyl (C=O) groups is 1. The molecule has 1 saturated heterocycles. The Morgan fingerprint density at radius 3 is 3.00 bits per heavy atom. The van der Waals surface area contributed by atoms with Crippen LogP contribution in [-0.2, 0) is 0 Å². The van der Waals surface area contributed by atoms with Gasteiger partial charge in [0.05, 0.1) is 7.11 Å². The molecule has 104 valence electrons. The standard InChI is InChI=1S/C15H22N2O2/c1-11(16)13-6-4-8-17(10-13)15(18)12-5-3-7-14(9-12)19-2/h3,5,7,9,11,13H,4,6,8,10,16H2,1-2H3. The molecule has 2 atom stereocenters. The van der Waals surface area contributed by atoms with Crippen molar-refractivity contribution in [3.63, 3.8) is 0 Å². The van der Waals surface area contributed by atoms with E-state index in [4.69, 9.17) is 10.5 Å². The van der Waals surface area contributed by atoms with E-state index >= 15 is 0 Å². The van der Waals surface area contributed by atoms with Gasteiger partial charge in [-0.3, -0.25) is 4.79 Å². The van der Waals surface area contributed by atoms with Crippen LogP contribution in [0.15, 0.2) is 24.3 Å². The van der Waals surface area contributed by atoms with Crippen LogP contribution < -0.4 is 10.5 Å². The maximum absolute atomic E-state index is 12.5. The molecular formula is C15H22N2O2. The third-order valence-corrected chi connectivity index (χ3v) is 3.81. The minimum absolute atomic E-state index is 0.0734. The number of likely N-dealkylation sites (tertiary alicyclic amines) is 1. The van der Waals surface area contributed by atoms with Gasteiger partial charge < -0.3 is 15.4 Å². The molecule has 0 radical (unpaired) electrons. The van der Waals surface area contributed by atoms with E-state index in [1.54, 1.807) is 13.2 Å². The largest absolute Gasteiger partial charge is 0.497 e. The van der Waals surface area contributed by atoms with Gasteiger partial charge in [0.15, 0.2) is 0 Å². The number of hydrogen-bond donors (Lipinski definition) is 1. The number of piperidine rings is 1. The van der Waals surface area contributed by atoms with E-state index in [-0.39, 0.29) is 11.9 Å². The minimum atomic E-state index is 0.0734. The number of ether oxygens (including phenoxy) is 1. The molecular weight excluding hydrogens is 240 g/mol. The van der Waals surface area contributed by atoms with Crippen molar-refractivity contribution in [3.8, 4) is 5.75 Å². The molecule has 2 N–H and O–H groups in total. The van der Waals surface area contributed by atoms with Crippen LogP contribution in [0.3, 0.4) is 0 Å². The lowest BCUT2D eigenvalue weighted by Gasteiger charge is -2.34. The van der Waals surface area contributed by atoms with Gasteiger partial charge >= 0.3 is 0 Å². The van der Waals surface area contributed by atoms with Crippen LogP contribution >= 0.6 is 0 Å². The van der Waals surface area contributed by atoms with Crippen molar-refractivity contribution in [1.29, 1.82) is 0 Å². The summed E-state index contributed by atoms with van der Waals surface area (Å²) in [6.07, 6.45) is 2.14. The molecule has 19 heavy (non-hydrogen) atoms. The second-order valence-corrected chi connectivity index (χ2v) is 5.24. The maximum Gasteiger partial charge on any atom is 0.253 e. The first-order valence-corrected chi connectivity index (χ1v) is 6.80. The second kappa shape index (κ2) is 6.06. The molecule has 2 rings (SSSR count). The topological polar surface area (TPSA) is 55.6 Å². The first kappa shape index (κ1) is 13.9. The van der Waals surface area contributed by atoms with E-state index in [1.165, 1.54) is 0 Å². The number of hydrogen-bond acceptors (Lipinski definition) is 3. The summed E-state index contributed by atoms with van der Waals surface area (Å²) < 4.78 is 5.16. The number of rotatable bonds is 3. The fourth-order valence-electron chi connectivity index (χ4n) is 2.56. The van der Waals surface area contributed by atoms with E-state index in [0.29, 0.717) is 17.2 Å². The van der Waals surface area contributed by atoms with Crippen molar-refractivity contribution in [2.75, 3.05) is 20.2 Å². The number of nitrogens with two attached hydrogens (primary N) is 1. The SMILES string of the molecule is COc1cccc(C(=O)N2CCCC(C(C)N)C2)c1. The molecule has 1 aliphatic heterocycles. The Kier molecular flexibility index (Phi) is 4.43. The van der Waals surface area contributed by atoms with Gasteiger partial charge in [-0.15, -0.1) is 0 Å². The minimum Gasteiger partial charge on any atom is -0.497 e. The third kappa shape index (κ3) is 3.26. The van der Waals surface area contributed by atoms with Crippen molar-refractivity contribution >= 4 is 5.91 Å². The fraction of sp³-hybridized carbons (Fsp3) is 0.533. The van der Waals surface area contributed by atoms with Gasteiger partial charge in [-0.1, -0.05) is 6.07 Å². The summed E-state index contributed by atoms with van der Waals surface area (Å²) in [4.78, 5) is 14.4. The smallest absolute Gasteiger partial charge is 0.253 e. The van der Waals surface area contributed by atoms with E-state index in [2.05, 4.69) is 0 Å². The van der Waals surface area contributed by atoms with Crippen molar-refractivity contribution in [3.05, 3.63) is 29.8 Å². The van der Waals surface area contributed by atoms with Gasteiger partial charge in [-0.05, 0) is 43.9 Å². The number of methoxy groups -OCH3 is 1. The summed E-state index contributed by atoms with van der Waals surface area (Å²) in [5.74, 6) is 1.19. The Morgan fingerprint density at radius 1 is 1.53 bits per heavy atom. The lowest BCUT2D eigenvalue weighted by atomic mass is 9.92. The van der Waals surface area contributed by atoms with Crippen molar-refractivity contribution in [2.24, 2.45) is 11.7 Å². The summed E-state index contributed by atoms with van der Waals surface area (Å²) in [7, 11) is 1.61. The third-order valence-electron chi connectivity index (χ3n) is 3.81. The molecule has 4 heteroatoms. The maximum atomic E-state index is 12.5. The Bertz CT molecular complexity index is 446. The molecule has 0 aliphatic carbocycles. The second-order valence-electron chi connectivity index (χ2n) is 5.24. The van der Waals surface area contributed by atoms with Crippen LogP contribution in [-0.4, -0.2) is 37.0 Å². The van der Waals surface area contributed by atoms with Crippen molar-refractivity contribution < 1.29 is 9.53 Å². The van der Waals surface area contributed by atoms with Gasteiger partial charge in [0.2, 0.25) is 0 Å². The molecule has 0 spiro atoms. The average Bonchev–Trinajstić information content (AvgIpc) is 2.46. The fourth-order valence-corrected chi connectivity index (χ4v) is 2.56. The Morgan fingerprint density at radius 2 is 2.32 bits per heavy atom. The monoisotopic (exact) mass is 262 g/mol. The van der Waals surface area contributed by atoms with E-state index in [9.17, 15) is 4.79 Å². The zero-order valence-corrected chi connectivity index (χ0v) is 11.6. The molecule has 2 unspecified atom stereocenters. The molecule has 0 bridgehead atoms. The molecule has 1 fully saturated rings. The van der Waals surface area contributed by atoms with Gasteiger partial charge in [-0.25, -0.2) is 0 Å². The summed E-state index contributed by atoms with van der Waals surface area (Å²) in [6.45, 7) is 3.59.